The van der Waals surface area contributed by atoms with Crippen LogP contribution in [0.4, 0.5) is 0 Å². The van der Waals surface area contributed by atoms with Gasteiger partial charge in [-0.2, -0.15) is 0 Å². The highest BCUT2D eigenvalue weighted by atomic mass is 79.9. The highest BCUT2D eigenvalue weighted by Gasteiger charge is 2.24. The maximum Gasteiger partial charge on any atom is 0.363 e. The number of cyclic esters (lactones) is 1. The number of rotatable bonds is 3. The molecule has 23 heavy (non-hydrogen) atoms. The molecule has 2 aromatic rings. The Morgan fingerprint density at radius 2 is 1.96 bits per heavy atom. The molecule has 0 bridgehead atoms. The summed E-state index contributed by atoms with van der Waals surface area (Å²) in [6.07, 6.45) is 1.62. The van der Waals surface area contributed by atoms with Gasteiger partial charge in [0.25, 0.3) is 0 Å². The molecule has 1 aliphatic heterocycles. The molecule has 1 heterocycles. The van der Waals surface area contributed by atoms with E-state index in [1.54, 1.807) is 31.4 Å². The second-order valence-corrected chi connectivity index (χ2v) is 6.06. The van der Waals surface area contributed by atoms with Crippen molar-refractivity contribution in [2.24, 2.45) is 4.99 Å². The van der Waals surface area contributed by atoms with Crippen LogP contribution in [0.3, 0.4) is 0 Å². The fourth-order valence-electron chi connectivity index (χ4n) is 2.06. The summed E-state index contributed by atoms with van der Waals surface area (Å²) < 4.78 is 11.3. The van der Waals surface area contributed by atoms with Crippen LogP contribution in [0.1, 0.15) is 11.1 Å². The van der Waals surface area contributed by atoms with Gasteiger partial charge in [0.1, 0.15) is 5.75 Å². The number of nitrogens with zero attached hydrogens (tertiary/aromatic N) is 1. The van der Waals surface area contributed by atoms with E-state index in [1.807, 2.05) is 24.3 Å². The lowest BCUT2D eigenvalue weighted by atomic mass is 10.2. The predicted octanol–water partition coefficient (Wildman–Crippen LogP) is 4.46. The van der Waals surface area contributed by atoms with Crippen molar-refractivity contribution in [3.8, 4) is 5.75 Å². The number of esters is 1. The van der Waals surface area contributed by atoms with Crippen LogP contribution in [-0.4, -0.2) is 19.0 Å². The minimum atomic E-state index is -0.491. The molecule has 0 radical (unpaired) electrons. The molecule has 0 atom stereocenters. The first-order chi connectivity index (χ1) is 11.1. The topological polar surface area (TPSA) is 47.9 Å². The van der Waals surface area contributed by atoms with E-state index in [0.29, 0.717) is 10.8 Å². The van der Waals surface area contributed by atoms with E-state index in [0.717, 1.165) is 15.6 Å². The fourth-order valence-corrected chi connectivity index (χ4v) is 2.59. The van der Waals surface area contributed by atoms with Gasteiger partial charge in [-0.15, -0.1) is 0 Å². The first-order valence-corrected chi connectivity index (χ1v) is 7.86. The smallest absolute Gasteiger partial charge is 0.363 e. The molecular formula is C17H11BrClNO3. The molecule has 0 aromatic heterocycles. The van der Waals surface area contributed by atoms with Crippen molar-refractivity contribution >= 4 is 45.5 Å². The number of hydrogen-bond donors (Lipinski definition) is 0. The Hall–Kier alpha value is -2.11. The number of hydrogen-bond acceptors (Lipinski definition) is 4. The summed E-state index contributed by atoms with van der Waals surface area (Å²) in [6, 6.07) is 12.6. The lowest BCUT2D eigenvalue weighted by Gasteiger charge is -2.03. The average Bonchev–Trinajstić information content (AvgIpc) is 2.89. The Labute approximate surface area is 146 Å². The van der Waals surface area contributed by atoms with E-state index in [-0.39, 0.29) is 11.6 Å². The first-order valence-electron chi connectivity index (χ1n) is 6.69. The highest BCUT2D eigenvalue weighted by molar-refractivity contribution is 9.10. The molecule has 0 N–H and O–H groups in total. The van der Waals surface area contributed by atoms with Gasteiger partial charge in [0.2, 0.25) is 5.90 Å². The van der Waals surface area contributed by atoms with Crippen LogP contribution in [0, 0.1) is 0 Å². The van der Waals surface area contributed by atoms with Crippen LogP contribution >= 0.6 is 27.5 Å². The minimum absolute atomic E-state index is 0.226. The Kier molecular flexibility index (Phi) is 4.50. The number of carbonyl (C=O) groups is 1. The molecule has 4 nitrogen and oxygen atoms in total. The average molecular weight is 393 g/mol. The molecular weight excluding hydrogens is 382 g/mol. The third-order valence-electron chi connectivity index (χ3n) is 3.19. The monoisotopic (exact) mass is 391 g/mol. The number of carbonyl (C=O) groups excluding carboxylic acids is 1. The van der Waals surface area contributed by atoms with Gasteiger partial charge in [0, 0.05) is 10.0 Å². The lowest BCUT2D eigenvalue weighted by molar-refractivity contribution is -0.129. The third kappa shape index (κ3) is 3.46. The van der Waals surface area contributed by atoms with Crippen molar-refractivity contribution in [2.75, 3.05) is 7.11 Å². The number of ether oxygens (including phenoxy) is 2. The number of halogens is 2. The number of methoxy groups -OCH3 is 1. The zero-order valence-corrected chi connectivity index (χ0v) is 14.4. The van der Waals surface area contributed by atoms with Crippen LogP contribution in [0.15, 0.2) is 57.6 Å². The normalized spacial score (nSPS) is 15.5. The maximum atomic E-state index is 12.0. The Morgan fingerprint density at radius 1 is 1.22 bits per heavy atom. The molecule has 3 rings (SSSR count). The molecule has 116 valence electrons. The molecule has 0 aliphatic carbocycles. The van der Waals surface area contributed by atoms with Gasteiger partial charge in [-0.05, 0) is 48.0 Å². The fraction of sp³-hybridized carbons (Fsp3) is 0.0588. The molecule has 0 fully saturated rings. The zero-order valence-electron chi connectivity index (χ0n) is 12.0. The second-order valence-electron chi connectivity index (χ2n) is 4.74. The van der Waals surface area contributed by atoms with Crippen LogP contribution in [-0.2, 0) is 9.53 Å². The van der Waals surface area contributed by atoms with Crippen molar-refractivity contribution in [1.29, 1.82) is 0 Å². The summed E-state index contributed by atoms with van der Waals surface area (Å²) in [6.45, 7) is 0. The summed E-state index contributed by atoms with van der Waals surface area (Å²) in [7, 11) is 1.54. The van der Waals surface area contributed by atoms with Gasteiger partial charge < -0.3 is 9.47 Å². The van der Waals surface area contributed by atoms with E-state index in [2.05, 4.69) is 20.9 Å². The largest absolute Gasteiger partial charge is 0.495 e. The summed E-state index contributed by atoms with van der Waals surface area (Å²) in [4.78, 5) is 16.2. The quantitative estimate of drug-likeness (QED) is 0.572. The van der Waals surface area contributed by atoms with Gasteiger partial charge in [0.15, 0.2) is 5.70 Å². The molecule has 6 heteroatoms. The molecule has 1 aliphatic rings. The number of benzene rings is 2. The van der Waals surface area contributed by atoms with Gasteiger partial charge in [-0.1, -0.05) is 33.6 Å². The molecule has 0 saturated heterocycles. The van der Waals surface area contributed by atoms with E-state index in [1.165, 1.54) is 0 Å². The summed E-state index contributed by atoms with van der Waals surface area (Å²) in [5.74, 6) is 0.366. The van der Waals surface area contributed by atoms with Gasteiger partial charge in [-0.3, -0.25) is 0 Å². The van der Waals surface area contributed by atoms with E-state index < -0.39 is 5.97 Å². The lowest BCUT2D eigenvalue weighted by Crippen LogP contribution is -2.05. The van der Waals surface area contributed by atoms with Crippen molar-refractivity contribution in [3.63, 3.8) is 0 Å². The second kappa shape index (κ2) is 6.56. The van der Waals surface area contributed by atoms with Crippen molar-refractivity contribution in [2.45, 2.75) is 0 Å². The molecule has 2 aromatic carbocycles. The molecule has 0 unspecified atom stereocenters. The highest BCUT2D eigenvalue weighted by Crippen LogP contribution is 2.27. The van der Waals surface area contributed by atoms with Crippen LogP contribution < -0.4 is 4.74 Å². The van der Waals surface area contributed by atoms with Crippen LogP contribution in [0.5, 0.6) is 5.75 Å². The van der Waals surface area contributed by atoms with Crippen LogP contribution in [0.25, 0.3) is 6.08 Å². The summed E-state index contributed by atoms with van der Waals surface area (Å²) >= 11 is 9.44. The summed E-state index contributed by atoms with van der Waals surface area (Å²) in [5.41, 5.74) is 1.70. The predicted molar refractivity (Wildman–Crippen MR) is 92.8 cm³/mol. The van der Waals surface area contributed by atoms with Crippen LogP contribution in [0.2, 0.25) is 5.02 Å². The molecule has 0 saturated carbocycles. The summed E-state index contributed by atoms with van der Waals surface area (Å²) in [5, 5.41) is 0.463. The van der Waals surface area contributed by atoms with Gasteiger partial charge in [0.05, 0.1) is 12.1 Å². The molecule has 0 amide bonds. The SMILES string of the molecule is COc1ccc(/C=C2\N=C(c3ccc(Br)cc3)OC2=O)cc1Cl. The number of aliphatic imine (C=N–C) groups is 1. The Morgan fingerprint density at radius 3 is 2.61 bits per heavy atom. The van der Waals surface area contributed by atoms with Crippen molar-refractivity contribution < 1.29 is 14.3 Å². The maximum absolute atomic E-state index is 12.0. The van der Waals surface area contributed by atoms with E-state index in [4.69, 9.17) is 21.1 Å². The van der Waals surface area contributed by atoms with Crippen molar-refractivity contribution in [3.05, 3.63) is 68.8 Å². The molecule has 0 spiro atoms. The third-order valence-corrected chi connectivity index (χ3v) is 4.01. The van der Waals surface area contributed by atoms with E-state index in [9.17, 15) is 4.79 Å². The van der Waals surface area contributed by atoms with Gasteiger partial charge >= 0.3 is 5.97 Å². The van der Waals surface area contributed by atoms with E-state index >= 15 is 0 Å². The Bertz CT molecular complexity index is 828. The zero-order chi connectivity index (χ0) is 16.4. The Balaban J connectivity index is 1.91. The minimum Gasteiger partial charge on any atom is -0.495 e. The van der Waals surface area contributed by atoms with Gasteiger partial charge in [-0.25, -0.2) is 9.79 Å². The van der Waals surface area contributed by atoms with Crippen molar-refractivity contribution in [1.82, 2.24) is 0 Å². The first kappa shape index (κ1) is 15.8. The standard InChI is InChI=1S/C17H11BrClNO3/c1-22-15-7-2-10(8-13(15)19)9-14-17(21)23-16(20-14)11-3-5-12(18)6-4-11/h2-9H,1H3/b14-9-.